The summed E-state index contributed by atoms with van der Waals surface area (Å²) >= 11 is 0. The Balaban J connectivity index is 1.21. The Labute approximate surface area is 158 Å². The Morgan fingerprint density at radius 2 is 1.50 bits per heavy atom. The Bertz CT molecular complexity index is 509. The van der Waals surface area contributed by atoms with Gasteiger partial charge < -0.3 is 9.80 Å². The lowest BCUT2D eigenvalue weighted by Crippen LogP contribution is -2.53. The zero-order valence-corrected chi connectivity index (χ0v) is 16.4. The summed E-state index contributed by atoms with van der Waals surface area (Å²) in [6.45, 7) is 6.90. The minimum absolute atomic E-state index is 0.277. The van der Waals surface area contributed by atoms with Gasteiger partial charge >= 0.3 is 0 Å². The van der Waals surface area contributed by atoms with Crippen molar-refractivity contribution in [3.8, 4) is 0 Å². The van der Waals surface area contributed by atoms with Gasteiger partial charge in [-0.15, -0.1) is 0 Å². The highest BCUT2D eigenvalue weighted by Gasteiger charge is 2.42. The van der Waals surface area contributed by atoms with E-state index in [2.05, 4.69) is 21.6 Å². The largest absolute Gasteiger partial charge is 0.340 e. The van der Waals surface area contributed by atoms with Gasteiger partial charge in [0.05, 0.1) is 6.54 Å². The van der Waals surface area contributed by atoms with Crippen molar-refractivity contribution in [2.24, 2.45) is 17.8 Å². The van der Waals surface area contributed by atoms with E-state index < -0.39 is 0 Å². The molecule has 0 aromatic carbocycles. The first-order valence-corrected chi connectivity index (χ1v) is 10.9. The van der Waals surface area contributed by atoms with Crippen LogP contribution in [0.2, 0.25) is 0 Å². The number of hydrogen-bond acceptors (Lipinski definition) is 3. The summed E-state index contributed by atoms with van der Waals surface area (Å²) in [6.07, 6.45) is 9.68. The third-order valence-corrected chi connectivity index (χ3v) is 7.07. The molecule has 0 aromatic heterocycles. The normalized spacial score (nSPS) is 27.8. The zero-order valence-electron chi connectivity index (χ0n) is 16.4. The Kier molecular flexibility index (Phi) is 5.53. The molecule has 0 bridgehead atoms. The van der Waals surface area contributed by atoms with Crippen molar-refractivity contribution in [3.05, 3.63) is 0 Å². The van der Waals surface area contributed by atoms with E-state index >= 15 is 0 Å². The SMILES string of the molecule is CC1CCCCN1C(=O)CN1CCN(C(=O)CC(C2CC2)C2CC2)CC1. The number of piperidine rings is 1. The molecule has 2 saturated heterocycles. The Morgan fingerprint density at radius 3 is 2.08 bits per heavy atom. The molecule has 5 nitrogen and oxygen atoms in total. The highest BCUT2D eigenvalue weighted by Crippen LogP contribution is 2.50. The van der Waals surface area contributed by atoms with Gasteiger partial charge in [-0.3, -0.25) is 14.5 Å². The monoisotopic (exact) mass is 361 g/mol. The highest BCUT2D eigenvalue weighted by molar-refractivity contribution is 5.79. The van der Waals surface area contributed by atoms with E-state index in [1.165, 1.54) is 32.1 Å². The fraction of sp³-hybridized carbons (Fsp3) is 0.905. The van der Waals surface area contributed by atoms with Gasteiger partial charge in [0, 0.05) is 45.2 Å². The van der Waals surface area contributed by atoms with Crippen molar-refractivity contribution in [1.29, 1.82) is 0 Å². The second-order valence-electron chi connectivity index (χ2n) is 9.13. The number of rotatable bonds is 6. The van der Waals surface area contributed by atoms with Crippen LogP contribution in [0.3, 0.4) is 0 Å². The van der Waals surface area contributed by atoms with Gasteiger partial charge in [0.1, 0.15) is 0 Å². The van der Waals surface area contributed by atoms with E-state index in [0.717, 1.165) is 63.8 Å². The molecule has 0 aromatic rings. The number of amides is 2. The van der Waals surface area contributed by atoms with Gasteiger partial charge in [-0.05, 0) is 69.6 Å². The van der Waals surface area contributed by atoms with E-state index in [0.29, 0.717) is 24.4 Å². The summed E-state index contributed by atoms with van der Waals surface area (Å²) < 4.78 is 0. The average molecular weight is 362 g/mol. The quantitative estimate of drug-likeness (QED) is 0.729. The van der Waals surface area contributed by atoms with E-state index in [9.17, 15) is 9.59 Å². The lowest BCUT2D eigenvalue weighted by Gasteiger charge is -2.38. The van der Waals surface area contributed by atoms with Crippen molar-refractivity contribution in [1.82, 2.24) is 14.7 Å². The number of carbonyl (C=O) groups excluding carboxylic acids is 2. The Morgan fingerprint density at radius 1 is 0.846 bits per heavy atom. The number of carbonyl (C=O) groups is 2. The molecule has 0 radical (unpaired) electrons. The van der Waals surface area contributed by atoms with E-state index in [4.69, 9.17) is 0 Å². The summed E-state index contributed by atoms with van der Waals surface area (Å²) in [5.41, 5.74) is 0. The lowest BCUT2D eigenvalue weighted by atomic mass is 9.93. The van der Waals surface area contributed by atoms with Gasteiger partial charge in [0.15, 0.2) is 0 Å². The molecule has 26 heavy (non-hydrogen) atoms. The minimum atomic E-state index is 0.277. The van der Waals surface area contributed by atoms with Crippen LogP contribution in [-0.4, -0.2) is 71.8 Å². The molecule has 4 rings (SSSR count). The van der Waals surface area contributed by atoms with Crippen LogP contribution in [0, 0.1) is 17.8 Å². The maximum Gasteiger partial charge on any atom is 0.236 e. The molecule has 0 N–H and O–H groups in total. The third kappa shape index (κ3) is 4.41. The zero-order chi connectivity index (χ0) is 18.1. The number of piperazine rings is 1. The van der Waals surface area contributed by atoms with Gasteiger partial charge in [-0.1, -0.05) is 0 Å². The molecule has 5 heteroatoms. The third-order valence-electron chi connectivity index (χ3n) is 7.07. The van der Waals surface area contributed by atoms with Crippen LogP contribution in [-0.2, 0) is 9.59 Å². The average Bonchev–Trinajstić information content (AvgIpc) is 3.54. The molecule has 2 aliphatic carbocycles. The van der Waals surface area contributed by atoms with Crippen LogP contribution in [0.25, 0.3) is 0 Å². The first kappa shape index (κ1) is 18.3. The van der Waals surface area contributed by atoms with E-state index in [1.54, 1.807) is 0 Å². The number of nitrogens with zero attached hydrogens (tertiary/aromatic N) is 3. The molecule has 2 heterocycles. The predicted molar refractivity (Wildman–Crippen MR) is 102 cm³/mol. The van der Waals surface area contributed by atoms with Gasteiger partial charge in [-0.25, -0.2) is 0 Å². The van der Waals surface area contributed by atoms with Gasteiger partial charge in [-0.2, -0.15) is 0 Å². The molecule has 4 aliphatic rings. The fourth-order valence-electron chi connectivity index (χ4n) is 5.00. The topological polar surface area (TPSA) is 43.9 Å². The second kappa shape index (κ2) is 7.87. The standard InChI is InChI=1S/C21H35N3O2/c1-16-4-2-3-9-24(16)21(26)15-22-10-12-23(13-11-22)20(25)14-19(17-5-6-17)18-7-8-18/h16-19H,2-15H2,1H3. The molecule has 1 atom stereocenters. The molecule has 2 aliphatic heterocycles. The smallest absolute Gasteiger partial charge is 0.236 e. The first-order chi connectivity index (χ1) is 12.6. The van der Waals surface area contributed by atoms with E-state index in [-0.39, 0.29) is 5.91 Å². The number of hydrogen-bond donors (Lipinski definition) is 0. The van der Waals surface area contributed by atoms with Gasteiger partial charge in [0.2, 0.25) is 11.8 Å². The fourth-order valence-corrected chi connectivity index (χ4v) is 5.00. The van der Waals surface area contributed by atoms with Crippen LogP contribution in [0.1, 0.15) is 58.3 Å². The Hall–Kier alpha value is -1.10. The minimum Gasteiger partial charge on any atom is -0.340 e. The summed E-state index contributed by atoms with van der Waals surface area (Å²) in [6, 6.07) is 0.390. The number of likely N-dealkylation sites (tertiary alicyclic amines) is 1. The van der Waals surface area contributed by atoms with Gasteiger partial charge in [0.25, 0.3) is 0 Å². The summed E-state index contributed by atoms with van der Waals surface area (Å²) in [4.78, 5) is 31.7. The van der Waals surface area contributed by atoms with Crippen LogP contribution in [0.4, 0.5) is 0 Å². The predicted octanol–water partition coefficient (Wildman–Crippen LogP) is 2.36. The van der Waals surface area contributed by atoms with Crippen LogP contribution in [0.15, 0.2) is 0 Å². The van der Waals surface area contributed by atoms with Crippen LogP contribution >= 0.6 is 0 Å². The van der Waals surface area contributed by atoms with Crippen molar-refractivity contribution in [3.63, 3.8) is 0 Å². The second-order valence-corrected chi connectivity index (χ2v) is 9.13. The molecule has 2 saturated carbocycles. The van der Waals surface area contributed by atoms with Crippen LogP contribution in [0.5, 0.6) is 0 Å². The van der Waals surface area contributed by atoms with Crippen molar-refractivity contribution < 1.29 is 9.59 Å². The summed E-state index contributed by atoms with van der Waals surface area (Å²) in [5, 5.41) is 0. The molecule has 0 spiro atoms. The van der Waals surface area contributed by atoms with Crippen LogP contribution < -0.4 is 0 Å². The van der Waals surface area contributed by atoms with Crippen molar-refractivity contribution in [2.75, 3.05) is 39.3 Å². The highest BCUT2D eigenvalue weighted by atomic mass is 16.2. The molecule has 4 fully saturated rings. The van der Waals surface area contributed by atoms with Crippen molar-refractivity contribution in [2.45, 2.75) is 64.3 Å². The van der Waals surface area contributed by atoms with Crippen molar-refractivity contribution >= 4 is 11.8 Å². The summed E-state index contributed by atoms with van der Waals surface area (Å²) in [7, 11) is 0. The van der Waals surface area contributed by atoms with E-state index in [1.807, 2.05) is 0 Å². The summed E-state index contributed by atoms with van der Waals surface area (Å²) in [5.74, 6) is 3.00. The maximum atomic E-state index is 12.7. The molecule has 1 unspecified atom stereocenters. The molecule has 146 valence electrons. The maximum absolute atomic E-state index is 12.7. The lowest BCUT2D eigenvalue weighted by molar-refractivity contribution is -0.137. The molecular weight excluding hydrogens is 326 g/mol. The molecular formula is C21H35N3O2. The molecule has 2 amide bonds. The first-order valence-electron chi connectivity index (χ1n) is 10.9.